The molecule has 2 aromatic rings. The van der Waals surface area contributed by atoms with E-state index in [1.54, 1.807) is 23.1 Å². The molecule has 0 bridgehead atoms. The number of hydrogen-bond acceptors (Lipinski definition) is 3. The normalized spacial score (nSPS) is 16.2. The van der Waals surface area contributed by atoms with Crippen molar-refractivity contribution in [1.82, 2.24) is 10.2 Å². The number of rotatable bonds is 5. The fourth-order valence-electron chi connectivity index (χ4n) is 3.06. The van der Waals surface area contributed by atoms with E-state index < -0.39 is 0 Å². The van der Waals surface area contributed by atoms with Gasteiger partial charge < -0.3 is 15.1 Å². The molecule has 0 saturated carbocycles. The van der Waals surface area contributed by atoms with Crippen molar-refractivity contribution in [1.29, 1.82) is 0 Å². The quantitative estimate of drug-likeness (QED) is 0.745. The second-order valence-corrected chi connectivity index (χ2v) is 8.60. The van der Waals surface area contributed by atoms with E-state index in [1.807, 2.05) is 39.0 Å². The Kier molecular flexibility index (Phi) is 6.42. The molecular formula is C22H25ClFN3O2. The molecule has 0 radical (unpaired) electrons. The molecule has 154 valence electrons. The molecule has 5 nitrogen and oxygen atoms in total. The molecule has 3 rings (SSSR count). The molecule has 1 aliphatic heterocycles. The standard InChI is InChI=1S/C22H25ClFN3O2/c1-22(2,3)25-21(28)27(13-15-5-4-6-17(23)11-15)14-19-12-20(26-29-19)16-7-9-18(24)10-8-16/h4-11,19H,12-14H2,1-3H3,(H,25,28)/t19-/m0/s1. The van der Waals surface area contributed by atoms with Crippen molar-refractivity contribution >= 4 is 23.3 Å². The zero-order valence-electron chi connectivity index (χ0n) is 16.8. The summed E-state index contributed by atoms with van der Waals surface area (Å²) in [6.07, 6.45) is 0.264. The molecule has 2 amide bonds. The minimum absolute atomic E-state index is 0.184. The summed E-state index contributed by atoms with van der Waals surface area (Å²) in [4.78, 5) is 20.1. The van der Waals surface area contributed by atoms with Gasteiger partial charge >= 0.3 is 6.03 Å². The van der Waals surface area contributed by atoms with Gasteiger partial charge in [0.2, 0.25) is 0 Å². The molecule has 1 atom stereocenters. The van der Waals surface area contributed by atoms with Gasteiger partial charge in [-0.05, 0) is 56.2 Å². The number of nitrogens with zero attached hydrogens (tertiary/aromatic N) is 2. The zero-order valence-corrected chi connectivity index (χ0v) is 17.5. The van der Waals surface area contributed by atoms with Crippen LogP contribution in [0.3, 0.4) is 0 Å². The van der Waals surface area contributed by atoms with Crippen LogP contribution in [0.25, 0.3) is 0 Å². The van der Waals surface area contributed by atoms with Gasteiger partial charge in [-0.2, -0.15) is 0 Å². The minimum Gasteiger partial charge on any atom is -0.390 e. The SMILES string of the molecule is CC(C)(C)NC(=O)N(Cc1cccc(Cl)c1)C[C@@H]1CC(c2ccc(F)cc2)=NO1. The van der Waals surface area contributed by atoms with Crippen LogP contribution in [0.4, 0.5) is 9.18 Å². The molecule has 29 heavy (non-hydrogen) atoms. The molecule has 1 aliphatic rings. The van der Waals surface area contributed by atoms with E-state index in [2.05, 4.69) is 10.5 Å². The van der Waals surface area contributed by atoms with Gasteiger partial charge in [0, 0.05) is 23.5 Å². The molecule has 7 heteroatoms. The van der Waals surface area contributed by atoms with Gasteiger partial charge in [0.1, 0.15) is 5.82 Å². The Morgan fingerprint density at radius 1 is 1.28 bits per heavy atom. The second-order valence-electron chi connectivity index (χ2n) is 8.17. The van der Waals surface area contributed by atoms with Gasteiger partial charge in [0.05, 0.1) is 12.3 Å². The lowest BCUT2D eigenvalue weighted by Gasteiger charge is -2.29. The Balaban J connectivity index is 1.69. The van der Waals surface area contributed by atoms with E-state index in [0.29, 0.717) is 24.5 Å². The predicted molar refractivity (Wildman–Crippen MR) is 113 cm³/mol. The first-order valence-corrected chi connectivity index (χ1v) is 9.87. The highest BCUT2D eigenvalue weighted by atomic mass is 35.5. The van der Waals surface area contributed by atoms with Crippen LogP contribution >= 0.6 is 11.6 Å². The van der Waals surface area contributed by atoms with Crippen molar-refractivity contribution in [2.24, 2.45) is 5.16 Å². The lowest BCUT2D eigenvalue weighted by Crippen LogP contribution is -2.50. The Morgan fingerprint density at radius 2 is 2.00 bits per heavy atom. The molecule has 2 aromatic carbocycles. The Morgan fingerprint density at radius 3 is 2.66 bits per heavy atom. The first-order chi connectivity index (χ1) is 13.7. The van der Waals surface area contributed by atoms with Crippen molar-refractivity contribution in [3.05, 3.63) is 70.5 Å². The molecular weight excluding hydrogens is 393 g/mol. The van der Waals surface area contributed by atoms with Gasteiger partial charge in [-0.25, -0.2) is 9.18 Å². The third-order valence-electron chi connectivity index (χ3n) is 4.37. The molecule has 0 unspecified atom stereocenters. The summed E-state index contributed by atoms with van der Waals surface area (Å²) < 4.78 is 13.2. The van der Waals surface area contributed by atoms with E-state index in [9.17, 15) is 9.18 Å². The molecule has 0 spiro atoms. The van der Waals surface area contributed by atoms with E-state index in [1.165, 1.54) is 12.1 Å². The highest BCUT2D eigenvalue weighted by Crippen LogP contribution is 2.20. The van der Waals surface area contributed by atoms with Crippen LogP contribution < -0.4 is 5.32 Å². The van der Waals surface area contributed by atoms with Crippen molar-refractivity contribution in [2.75, 3.05) is 6.54 Å². The van der Waals surface area contributed by atoms with Gasteiger partial charge in [-0.1, -0.05) is 41.0 Å². The van der Waals surface area contributed by atoms with Gasteiger partial charge in [0.15, 0.2) is 6.10 Å². The number of urea groups is 1. The van der Waals surface area contributed by atoms with Crippen LogP contribution in [-0.2, 0) is 11.4 Å². The van der Waals surface area contributed by atoms with Crippen molar-refractivity contribution in [2.45, 2.75) is 45.4 Å². The van der Waals surface area contributed by atoms with Gasteiger partial charge in [-0.3, -0.25) is 0 Å². The summed E-state index contributed by atoms with van der Waals surface area (Å²) in [5.74, 6) is -0.295. The minimum atomic E-state index is -0.365. The number of halogens is 2. The van der Waals surface area contributed by atoms with Crippen LogP contribution in [-0.4, -0.2) is 34.8 Å². The van der Waals surface area contributed by atoms with Crippen LogP contribution in [0, 0.1) is 5.82 Å². The van der Waals surface area contributed by atoms with Gasteiger partial charge in [-0.15, -0.1) is 0 Å². The molecule has 0 saturated heterocycles. The average molecular weight is 418 g/mol. The first-order valence-electron chi connectivity index (χ1n) is 9.50. The van der Waals surface area contributed by atoms with Crippen LogP contribution in [0.1, 0.15) is 38.3 Å². The smallest absolute Gasteiger partial charge is 0.318 e. The number of carbonyl (C=O) groups is 1. The van der Waals surface area contributed by atoms with Crippen LogP contribution in [0.15, 0.2) is 53.7 Å². The fourth-order valence-corrected chi connectivity index (χ4v) is 3.27. The number of benzene rings is 2. The van der Waals surface area contributed by atoms with Crippen LogP contribution in [0.2, 0.25) is 5.02 Å². The Labute approximate surface area is 175 Å². The number of nitrogens with one attached hydrogen (secondary N) is 1. The lowest BCUT2D eigenvalue weighted by atomic mass is 10.0. The van der Waals surface area contributed by atoms with Gasteiger partial charge in [0.25, 0.3) is 0 Å². The highest BCUT2D eigenvalue weighted by Gasteiger charge is 2.28. The molecule has 0 aromatic heterocycles. The van der Waals surface area contributed by atoms with E-state index in [4.69, 9.17) is 16.4 Å². The van der Waals surface area contributed by atoms with E-state index >= 15 is 0 Å². The van der Waals surface area contributed by atoms with Crippen molar-refractivity contribution < 1.29 is 14.0 Å². The van der Waals surface area contributed by atoms with Crippen molar-refractivity contribution in [3.63, 3.8) is 0 Å². The summed E-state index contributed by atoms with van der Waals surface area (Å²) >= 11 is 6.09. The van der Waals surface area contributed by atoms with Crippen LogP contribution in [0.5, 0.6) is 0 Å². The summed E-state index contributed by atoms with van der Waals surface area (Å²) in [6.45, 7) is 6.57. The third-order valence-corrected chi connectivity index (χ3v) is 4.60. The number of hydrogen-bond donors (Lipinski definition) is 1. The molecule has 1 N–H and O–H groups in total. The third kappa shape index (κ3) is 6.19. The predicted octanol–water partition coefficient (Wildman–Crippen LogP) is 4.98. The summed E-state index contributed by atoms with van der Waals surface area (Å²) in [6, 6.07) is 13.4. The maximum Gasteiger partial charge on any atom is 0.318 e. The monoisotopic (exact) mass is 417 g/mol. The molecule has 0 fully saturated rings. The Hall–Kier alpha value is -2.60. The topological polar surface area (TPSA) is 53.9 Å². The summed E-state index contributed by atoms with van der Waals surface area (Å²) in [7, 11) is 0. The van der Waals surface area contributed by atoms with E-state index in [-0.39, 0.29) is 23.5 Å². The summed E-state index contributed by atoms with van der Waals surface area (Å²) in [5, 5.41) is 7.76. The lowest BCUT2D eigenvalue weighted by molar-refractivity contribution is 0.0580. The maximum atomic E-state index is 13.2. The molecule has 1 heterocycles. The fraction of sp³-hybridized carbons (Fsp3) is 0.364. The average Bonchev–Trinajstić information content (AvgIpc) is 3.09. The first kappa shape index (κ1) is 21.1. The molecule has 0 aliphatic carbocycles. The maximum absolute atomic E-state index is 13.2. The summed E-state index contributed by atoms with van der Waals surface area (Å²) in [5.41, 5.74) is 2.12. The number of amides is 2. The largest absolute Gasteiger partial charge is 0.390 e. The second kappa shape index (κ2) is 8.82. The Bertz CT molecular complexity index is 894. The number of carbonyl (C=O) groups excluding carboxylic acids is 1. The van der Waals surface area contributed by atoms with Crippen molar-refractivity contribution in [3.8, 4) is 0 Å². The highest BCUT2D eigenvalue weighted by molar-refractivity contribution is 6.30. The van der Waals surface area contributed by atoms with E-state index in [0.717, 1.165) is 16.8 Å². The number of oxime groups is 1. The zero-order chi connectivity index (χ0) is 21.0.